The zero-order chi connectivity index (χ0) is 23.6. The Balaban J connectivity index is 1.44. The first-order valence-electron chi connectivity index (χ1n) is 12.5. The van der Waals surface area contributed by atoms with Gasteiger partial charge in [-0.1, -0.05) is 84.9 Å². The number of benzene rings is 6. The lowest BCUT2D eigenvalue weighted by molar-refractivity contribution is 0.668. The number of furan rings is 1. The molecule has 2 heteroatoms. The van der Waals surface area contributed by atoms with E-state index >= 15 is 0 Å². The summed E-state index contributed by atoms with van der Waals surface area (Å²) in [5.41, 5.74) is 8.39. The minimum Gasteiger partial charge on any atom is -0.456 e. The van der Waals surface area contributed by atoms with E-state index in [1.54, 1.807) is 0 Å². The third-order valence-corrected chi connectivity index (χ3v) is 8.67. The van der Waals surface area contributed by atoms with Gasteiger partial charge in [-0.3, -0.25) is 0 Å². The van der Waals surface area contributed by atoms with Crippen LogP contribution in [0.1, 0.15) is 5.56 Å². The highest BCUT2D eigenvalue weighted by Gasteiger charge is 2.19. The van der Waals surface area contributed by atoms with Crippen LogP contribution in [0.5, 0.6) is 0 Å². The van der Waals surface area contributed by atoms with Crippen LogP contribution < -0.4 is 0 Å². The van der Waals surface area contributed by atoms with Crippen LogP contribution in [0.4, 0.5) is 0 Å². The van der Waals surface area contributed by atoms with Crippen LogP contribution in [0.3, 0.4) is 0 Å². The second-order valence-electron chi connectivity index (χ2n) is 9.57. The van der Waals surface area contributed by atoms with Crippen LogP contribution in [0.25, 0.3) is 65.7 Å². The van der Waals surface area contributed by atoms with Crippen molar-refractivity contribution in [1.29, 1.82) is 0 Å². The molecule has 1 nitrogen and oxygen atoms in total. The lowest BCUT2D eigenvalue weighted by Crippen LogP contribution is -1.90. The van der Waals surface area contributed by atoms with E-state index in [0.29, 0.717) is 0 Å². The van der Waals surface area contributed by atoms with Crippen LogP contribution in [-0.2, 0) is 6.42 Å². The van der Waals surface area contributed by atoms with Gasteiger partial charge in [0, 0.05) is 21.4 Å². The SMILES string of the molecule is c1ccc(-c2c3ccccc3c(-c3ccc4c(c3)oc3cc5c(cc34)CCS5)c3ccccc23)cc1. The van der Waals surface area contributed by atoms with E-state index in [1.807, 2.05) is 11.8 Å². The van der Waals surface area contributed by atoms with Crippen molar-refractivity contribution in [1.82, 2.24) is 0 Å². The fourth-order valence-electron chi connectivity index (χ4n) is 5.96. The maximum absolute atomic E-state index is 6.44. The molecule has 0 unspecified atom stereocenters. The van der Waals surface area contributed by atoms with Gasteiger partial charge in [-0.2, -0.15) is 0 Å². The molecule has 36 heavy (non-hydrogen) atoms. The number of thioether (sulfide) groups is 1. The quantitative estimate of drug-likeness (QED) is 0.229. The molecule has 1 aliphatic rings. The van der Waals surface area contributed by atoms with E-state index in [1.165, 1.54) is 70.8 Å². The summed E-state index contributed by atoms with van der Waals surface area (Å²) in [7, 11) is 0. The van der Waals surface area contributed by atoms with E-state index in [0.717, 1.165) is 17.6 Å². The lowest BCUT2D eigenvalue weighted by atomic mass is 9.86. The number of rotatable bonds is 2. The van der Waals surface area contributed by atoms with E-state index in [9.17, 15) is 0 Å². The van der Waals surface area contributed by atoms with Gasteiger partial charge in [-0.25, -0.2) is 0 Å². The molecule has 0 fully saturated rings. The average Bonchev–Trinajstić information content (AvgIpc) is 3.53. The van der Waals surface area contributed by atoms with E-state index in [4.69, 9.17) is 4.42 Å². The second kappa shape index (κ2) is 7.74. The van der Waals surface area contributed by atoms with Gasteiger partial charge in [-0.05, 0) is 80.0 Å². The van der Waals surface area contributed by atoms with Gasteiger partial charge in [0.05, 0.1) is 0 Å². The van der Waals surface area contributed by atoms with Gasteiger partial charge in [0.1, 0.15) is 11.2 Å². The molecule has 8 rings (SSSR count). The molecule has 0 radical (unpaired) electrons. The average molecular weight is 479 g/mol. The number of fused-ring (bicyclic) bond motifs is 6. The Hall–Kier alpha value is -4.01. The van der Waals surface area contributed by atoms with Crippen molar-refractivity contribution < 1.29 is 4.42 Å². The summed E-state index contributed by atoms with van der Waals surface area (Å²) >= 11 is 1.93. The summed E-state index contributed by atoms with van der Waals surface area (Å²) in [5, 5.41) is 7.50. The standard InChI is InChI=1S/C34H22OS/c1-2-8-21(9-3-1)33-25-10-4-6-12-27(25)34(28-13-7-5-11-26(28)33)23-14-15-24-29-18-22-16-17-36-32(22)20-31(29)35-30(24)19-23/h1-15,18-20H,16-17H2. The number of hydrogen-bond donors (Lipinski definition) is 0. The largest absolute Gasteiger partial charge is 0.456 e. The van der Waals surface area contributed by atoms with Gasteiger partial charge in [-0.15, -0.1) is 11.8 Å². The van der Waals surface area contributed by atoms with Gasteiger partial charge in [0.25, 0.3) is 0 Å². The van der Waals surface area contributed by atoms with Crippen LogP contribution in [0.15, 0.2) is 119 Å². The molecular weight excluding hydrogens is 456 g/mol. The molecule has 0 aliphatic carbocycles. The Bertz CT molecular complexity index is 1910. The van der Waals surface area contributed by atoms with Crippen molar-refractivity contribution in [3.05, 3.63) is 115 Å². The first-order valence-corrected chi connectivity index (χ1v) is 13.4. The summed E-state index contributed by atoms with van der Waals surface area (Å²) in [6.07, 6.45) is 1.15. The Morgan fingerprint density at radius 3 is 1.81 bits per heavy atom. The third-order valence-electron chi connectivity index (χ3n) is 7.57. The Labute approximate surface area is 213 Å². The molecule has 0 N–H and O–H groups in total. The fraction of sp³-hybridized carbons (Fsp3) is 0.0588. The highest BCUT2D eigenvalue weighted by atomic mass is 32.2. The van der Waals surface area contributed by atoms with Gasteiger partial charge >= 0.3 is 0 Å². The minimum atomic E-state index is 0.955. The zero-order valence-electron chi connectivity index (χ0n) is 19.6. The van der Waals surface area contributed by atoms with Gasteiger partial charge < -0.3 is 4.42 Å². The smallest absolute Gasteiger partial charge is 0.136 e. The van der Waals surface area contributed by atoms with Crippen molar-refractivity contribution in [3.63, 3.8) is 0 Å². The summed E-state index contributed by atoms with van der Waals surface area (Å²) < 4.78 is 6.44. The van der Waals surface area contributed by atoms with Crippen molar-refractivity contribution in [2.24, 2.45) is 0 Å². The van der Waals surface area contributed by atoms with Crippen LogP contribution in [0, 0.1) is 0 Å². The molecule has 2 heterocycles. The Kier molecular flexibility index (Phi) is 4.35. The topological polar surface area (TPSA) is 13.1 Å². The maximum atomic E-state index is 6.44. The normalized spacial score (nSPS) is 13.2. The maximum Gasteiger partial charge on any atom is 0.136 e. The molecule has 1 aliphatic heterocycles. The van der Waals surface area contributed by atoms with E-state index < -0.39 is 0 Å². The molecule has 0 bridgehead atoms. The molecule has 0 saturated heterocycles. The van der Waals surface area contributed by atoms with E-state index in [-0.39, 0.29) is 0 Å². The molecule has 7 aromatic rings. The molecule has 0 spiro atoms. The van der Waals surface area contributed by atoms with Crippen molar-refractivity contribution in [2.75, 3.05) is 5.75 Å². The van der Waals surface area contributed by atoms with Crippen LogP contribution in [0.2, 0.25) is 0 Å². The zero-order valence-corrected chi connectivity index (χ0v) is 20.4. The number of hydrogen-bond acceptors (Lipinski definition) is 2. The summed E-state index contributed by atoms with van der Waals surface area (Å²) in [6.45, 7) is 0. The molecule has 0 saturated carbocycles. The predicted molar refractivity (Wildman–Crippen MR) is 154 cm³/mol. The minimum absolute atomic E-state index is 0.955. The predicted octanol–water partition coefficient (Wildman–Crippen LogP) is 9.87. The highest BCUT2D eigenvalue weighted by molar-refractivity contribution is 7.99. The highest BCUT2D eigenvalue weighted by Crippen LogP contribution is 2.45. The number of aryl methyl sites for hydroxylation is 1. The van der Waals surface area contributed by atoms with Crippen molar-refractivity contribution >= 4 is 55.2 Å². The lowest BCUT2D eigenvalue weighted by Gasteiger charge is -2.17. The summed E-state index contributed by atoms with van der Waals surface area (Å²) in [4.78, 5) is 1.37. The molecule has 0 atom stereocenters. The Morgan fingerprint density at radius 2 is 1.11 bits per heavy atom. The molecule has 0 amide bonds. The molecule has 6 aromatic carbocycles. The Morgan fingerprint density at radius 1 is 0.500 bits per heavy atom. The summed E-state index contributed by atoms with van der Waals surface area (Å²) in [5.74, 6) is 1.17. The van der Waals surface area contributed by atoms with Crippen LogP contribution in [-0.4, -0.2) is 5.75 Å². The van der Waals surface area contributed by atoms with Gasteiger partial charge in [0.2, 0.25) is 0 Å². The van der Waals surface area contributed by atoms with Crippen molar-refractivity contribution in [2.45, 2.75) is 11.3 Å². The summed E-state index contributed by atoms with van der Waals surface area (Å²) in [6, 6.07) is 39.7. The first-order chi connectivity index (χ1) is 17.8. The second-order valence-corrected chi connectivity index (χ2v) is 10.7. The molecular formula is C34H22OS. The van der Waals surface area contributed by atoms with Gasteiger partial charge in [0.15, 0.2) is 0 Å². The molecule has 1 aromatic heterocycles. The third kappa shape index (κ3) is 2.91. The molecule has 170 valence electrons. The monoisotopic (exact) mass is 478 g/mol. The van der Waals surface area contributed by atoms with E-state index in [2.05, 4.69) is 109 Å². The fourth-order valence-corrected chi connectivity index (χ4v) is 7.04. The van der Waals surface area contributed by atoms with Crippen LogP contribution >= 0.6 is 11.8 Å². The first kappa shape index (κ1) is 20.2. The van der Waals surface area contributed by atoms with Crippen molar-refractivity contribution in [3.8, 4) is 22.3 Å².